The van der Waals surface area contributed by atoms with Crippen molar-refractivity contribution in [3.05, 3.63) is 51.5 Å². The zero-order valence-electron chi connectivity index (χ0n) is 12.3. The van der Waals surface area contributed by atoms with Crippen LogP contribution in [0.25, 0.3) is 0 Å². The molecule has 0 aliphatic heterocycles. The van der Waals surface area contributed by atoms with E-state index < -0.39 is 5.97 Å². The Labute approximate surface area is 132 Å². The maximum atomic E-state index is 12.3. The van der Waals surface area contributed by atoms with Crippen LogP contribution in [-0.4, -0.2) is 41.0 Å². The molecule has 0 unspecified atom stereocenters. The molecule has 0 spiro atoms. The van der Waals surface area contributed by atoms with Crippen LogP contribution in [0.3, 0.4) is 0 Å². The molecule has 0 saturated carbocycles. The fraction of sp³-hybridized carbons (Fsp3) is 0.267. The summed E-state index contributed by atoms with van der Waals surface area (Å²) in [6, 6.07) is 6.44. The van der Waals surface area contributed by atoms with Crippen molar-refractivity contribution in [2.75, 3.05) is 14.2 Å². The summed E-state index contributed by atoms with van der Waals surface area (Å²) in [5.74, 6) is -1.15. The number of hydrogen-bond acceptors (Lipinski definition) is 5. The molecule has 1 N–H and O–H groups in total. The van der Waals surface area contributed by atoms with Gasteiger partial charge < -0.3 is 14.7 Å². The summed E-state index contributed by atoms with van der Waals surface area (Å²) in [5, 5.41) is 11.3. The van der Waals surface area contributed by atoms with Gasteiger partial charge in [-0.2, -0.15) is 0 Å². The predicted molar refractivity (Wildman–Crippen MR) is 82.0 cm³/mol. The Bertz CT molecular complexity index is 666. The minimum absolute atomic E-state index is 0.180. The summed E-state index contributed by atoms with van der Waals surface area (Å²) in [6.45, 7) is 0.772. The summed E-state index contributed by atoms with van der Waals surface area (Å²) < 4.78 is 4.98. The third-order valence-electron chi connectivity index (χ3n) is 3.01. The Morgan fingerprint density at radius 2 is 2.00 bits per heavy atom. The average molecular weight is 320 g/mol. The minimum atomic E-state index is -0.968. The molecule has 0 saturated heterocycles. The monoisotopic (exact) mass is 320 g/mol. The van der Waals surface area contributed by atoms with Crippen molar-refractivity contribution in [2.24, 2.45) is 0 Å². The van der Waals surface area contributed by atoms with Crippen LogP contribution >= 0.6 is 11.3 Å². The Balaban J connectivity index is 2.02. The minimum Gasteiger partial charge on any atom is -0.478 e. The van der Waals surface area contributed by atoms with Crippen molar-refractivity contribution < 1.29 is 19.4 Å². The van der Waals surface area contributed by atoms with E-state index in [2.05, 4.69) is 4.98 Å². The van der Waals surface area contributed by atoms with Gasteiger partial charge in [-0.25, -0.2) is 9.78 Å². The molecular formula is C15H16N2O4S. The van der Waals surface area contributed by atoms with Crippen molar-refractivity contribution in [3.63, 3.8) is 0 Å². The fourth-order valence-corrected chi connectivity index (χ4v) is 2.63. The second-order valence-electron chi connectivity index (χ2n) is 4.72. The average Bonchev–Trinajstić information content (AvgIpc) is 2.96. The number of amides is 1. The number of hydrogen-bond donors (Lipinski definition) is 1. The Morgan fingerprint density at radius 3 is 2.59 bits per heavy atom. The fourth-order valence-electron chi connectivity index (χ4n) is 1.89. The molecule has 0 aliphatic carbocycles. The number of carboxylic acids is 1. The number of ether oxygens (including phenoxy) is 1. The van der Waals surface area contributed by atoms with Gasteiger partial charge >= 0.3 is 5.97 Å². The number of methoxy groups -OCH3 is 1. The van der Waals surface area contributed by atoms with Crippen molar-refractivity contribution in [2.45, 2.75) is 13.2 Å². The molecule has 1 heterocycles. The summed E-state index contributed by atoms with van der Waals surface area (Å²) in [4.78, 5) is 28.8. The van der Waals surface area contributed by atoms with Gasteiger partial charge in [-0.1, -0.05) is 12.1 Å². The zero-order chi connectivity index (χ0) is 16.1. The summed E-state index contributed by atoms with van der Waals surface area (Å²) >= 11 is 1.38. The highest BCUT2D eigenvalue weighted by Crippen LogP contribution is 2.14. The van der Waals surface area contributed by atoms with Crippen LogP contribution < -0.4 is 0 Å². The first kappa shape index (κ1) is 16.1. The standard InChI is InChI=1S/C15H16N2O4S/c1-17(7-10-3-5-11(6-4-10)15(19)20)14(18)12-9-22-13(16-12)8-21-2/h3-6,9H,7-8H2,1-2H3,(H,19,20). The van der Waals surface area contributed by atoms with Gasteiger partial charge in [0.1, 0.15) is 10.7 Å². The van der Waals surface area contributed by atoms with Crippen molar-refractivity contribution in [1.29, 1.82) is 0 Å². The number of aromatic nitrogens is 1. The van der Waals surface area contributed by atoms with E-state index in [1.165, 1.54) is 23.5 Å². The van der Waals surface area contributed by atoms with E-state index in [4.69, 9.17) is 9.84 Å². The van der Waals surface area contributed by atoms with E-state index in [0.717, 1.165) is 10.6 Å². The first-order valence-corrected chi connectivity index (χ1v) is 7.40. The molecule has 1 aromatic heterocycles. The largest absolute Gasteiger partial charge is 0.478 e. The summed E-state index contributed by atoms with van der Waals surface area (Å²) in [5.41, 5.74) is 1.47. The number of carbonyl (C=O) groups is 2. The van der Waals surface area contributed by atoms with Crippen molar-refractivity contribution in [1.82, 2.24) is 9.88 Å². The van der Waals surface area contributed by atoms with Crippen molar-refractivity contribution >= 4 is 23.2 Å². The van der Waals surface area contributed by atoms with Gasteiger partial charge in [-0.15, -0.1) is 11.3 Å². The molecule has 0 fully saturated rings. The first-order valence-electron chi connectivity index (χ1n) is 6.52. The second-order valence-corrected chi connectivity index (χ2v) is 5.67. The Morgan fingerprint density at radius 1 is 1.32 bits per heavy atom. The second kappa shape index (κ2) is 7.15. The third kappa shape index (κ3) is 3.90. The van der Waals surface area contributed by atoms with E-state index in [1.807, 2.05) is 0 Å². The number of rotatable bonds is 6. The van der Waals surface area contributed by atoms with Gasteiger partial charge in [0.05, 0.1) is 12.2 Å². The molecule has 2 aromatic rings. The van der Waals surface area contributed by atoms with E-state index in [0.29, 0.717) is 18.8 Å². The summed E-state index contributed by atoms with van der Waals surface area (Å²) in [7, 11) is 3.26. The highest BCUT2D eigenvalue weighted by molar-refractivity contribution is 7.09. The number of aromatic carboxylic acids is 1. The van der Waals surface area contributed by atoms with Crippen LogP contribution in [-0.2, 0) is 17.9 Å². The zero-order valence-corrected chi connectivity index (χ0v) is 13.1. The van der Waals surface area contributed by atoms with Crippen LogP contribution in [0.4, 0.5) is 0 Å². The van der Waals surface area contributed by atoms with Crippen molar-refractivity contribution in [3.8, 4) is 0 Å². The summed E-state index contributed by atoms with van der Waals surface area (Å²) in [6.07, 6.45) is 0. The van der Waals surface area contributed by atoms with Gasteiger partial charge in [-0.3, -0.25) is 4.79 Å². The molecule has 7 heteroatoms. The number of thiazole rings is 1. The van der Waals surface area contributed by atoms with Crippen LogP contribution in [0.2, 0.25) is 0 Å². The van der Waals surface area contributed by atoms with E-state index in [1.54, 1.807) is 36.6 Å². The molecule has 1 aromatic carbocycles. The predicted octanol–water partition coefficient (Wildman–Crippen LogP) is 2.26. The number of carbonyl (C=O) groups excluding carboxylic acids is 1. The smallest absolute Gasteiger partial charge is 0.335 e. The molecule has 6 nitrogen and oxygen atoms in total. The molecule has 0 radical (unpaired) electrons. The maximum absolute atomic E-state index is 12.3. The molecule has 0 aliphatic rings. The van der Waals surface area contributed by atoms with Gasteiger partial charge in [-0.05, 0) is 17.7 Å². The SMILES string of the molecule is COCc1nc(C(=O)N(C)Cc2ccc(C(=O)O)cc2)cs1. The molecule has 2 rings (SSSR count). The quantitative estimate of drug-likeness (QED) is 0.883. The maximum Gasteiger partial charge on any atom is 0.335 e. The van der Waals surface area contributed by atoms with Gasteiger partial charge in [0, 0.05) is 26.1 Å². The molecule has 0 bridgehead atoms. The Hall–Kier alpha value is -2.25. The lowest BCUT2D eigenvalue weighted by atomic mass is 10.1. The van der Waals surface area contributed by atoms with Gasteiger partial charge in [0.15, 0.2) is 0 Å². The molecule has 116 valence electrons. The highest BCUT2D eigenvalue weighted by atomic mass is 32.1. The van der Waals surface area contributed by atoms with Crippen LogP contribution in [0, 0.1) is 0 Å². The van der Waals surface area contributed by atoms with Gasteiger partial charge in [0.25, 0.3) is 5.91 Å². The van der Waals surface area contributed by atoms with Gasteiger partial charge in [0.2, 0.25) is 0 Å². The molecule has 22 heavy (non-hydrogen) atoms. The number of carboxylic acid groups (broad SMARTS) is 1. The topological polar surface area (TPSA) is 79.7 Å². The lowest BCUT2D eigenvalue weighted by Gasteiger charge is -2.16. The molecule has 1 amide bonds. The lowest BCUT2D eigenvalue weighted by Crippen LogP contribution is -2.26. The van der Waals surface area contributed by atoms with Crippen LogP contribution in [0.5, 0.6) is 0 Å². The molecular weight excluding hydrogens is 304 g/mol. The third-order valence-corrected chi connectivity index (χ3v) is 3.83. The number of nitrogens with zero attached hydrogens (tertiary/aromatic N) is 2. The Kier molecular flexibility index (Phi) is 5.24. The normalized spacial score (nSPS) is 10.5. The van der Waals surface area contributed by atoms with E-state index in [9.17, 15) is 9.59 Å². The van der Waals surface area contributed by atoms with Crippen LogP contribution in [0.15, 0.2) is 29.6 Å². The van der Waals surface area contributed by atoms with E-state index >= 15 is 0 Å². The molecule has 0 atom stereocenters. The highest BCUT2D eigenvalue weighted by Gasteiger charge is 2.16. The first-order chi connectivity index (χ1) is 10.5. The van der Waals surface area contributed by atoms with E-state index in [-0.39, 0.29) is 11.5 Å². The van der Waals surface area contributed by atoms with Crippen LogP contribution in [0.1, 0.15) is 31.4 Å². The lowest BCUT2D eigenvalue weighted by molar-refractivity contribution is 0.0695. The number of benzene rings is 1.